The third kappa shape index (κ3) is 4.76. The van der Waals surface area contributed by atoms with E-state index in [0.717, 1.165) is 12.0 Å². The lowest BCUT2D eigenvalue weighted by atomic mass is 9.85. The lowest BCUT2D eigenvalue weighted by Gasteiger charge is -2.28. The SMILES string of the molecule is CCCOc1ccccc1N1C(=O)C(=O)/C(=C(\O)c2ccc(F)cc2)C1c1ccc(C(C)(C)C)cc1. The van der Waals surface area contributed by atoms with Crippen LogP contribution < -0.4 is 9.64 Å². The Morgan fingerprint density at radius 3 is 2.22 bits per heavy atom. The van der Waals surface area contributed by atoms with E-state index in [-0.39, 0.29) is 22.3 Å². The first-order valence-corrected chi connectivity index (χ1v) is 12.0. The van der Waals surface area contributed by atoms with Gasteiger partial charge in [0.25, 0.3) is 11.7 Å². The van der Waals surface area contributed by atoms with Crippen LogP contribution in [0.25, 0.3) is 5.76 Å². The molecule has 1 aliphatic rings. The van der Waals surface area contributed by atoms with Crippen LogP contribution in [0.3, 0.4) is 0 Å². The predicted octanol–water partition coefficient (Wildman–Crippen LogP) is 6.54. The summed E-state index contributed by atoms with van der Waals surface area (Å²) < 4.78 is 19.4. The van der Waals surface area contributed by atoms with Crippen LogP contribution in [-0.2, 0) is 15.0 Å². The van der Waals surface area contributed by atoms with Crippen molar-refractivity contribution >= 4 is 23.1 Å². The average molecular weight is 488 g/mol. The van der Waals surface area contributed by atoms with Crippen molar-refractivity contribution < 1.29 is 23.8 Å². The molecule has 1 unspecified atom stereocenters. The summed E-state index contributed by atoms with van der Waals surface area (Å²) in [4.78, 5) is 28.2. The number of carbonyl (C=O) groups is 2. The van der Waals surface area contributed by atoms with E-state index >= 15 is 0 Å². The van der Waals surface area contributed by atoms with E-state index in [0.29, 0.717) is 23.6 Å². The number of hydrogen-bond donors (Lipinski definition) is 1. The number of aliphatic hydroxyl groups is 1. The maximum absolute atomic E-state index is 13.5. The molecule has 3 aromatic carbocycles. The Morgan fingerprint density at radius 1 is 0.972 bits per heavy atom. The quantitative estimate of drug-likeness (QED) is 0.244. The molecule has 0 saturated carbocycles. The fourth-order valence-corrected chi connectivity index (χ4v) is 4.32. The van der Waals surface area contributed by atoms with E-state index in [9.17, 15) is 19.1 Å². The van der Waals surface area contributed by atoms with E-state index in [1.54, 1.807) is 24.3 Å². The minimum atomic E-state index is -0.893. The second kappa shape index (κ2) is 9.97. The van der Waals surface area contributed by atoms with Crippen molar-refractivity contribution in [3.8, 4) is 5.75 Å². The normalized spacial score (nSPS) is 17.5. The molecular weight excluding hydrogens is 457 g/mol. The first kappa shape index (κ1) is 25.2. The van der Waals surface area contributed by atoms with Crippen LogP contribution in [0.5, 0.6) is 5.75 Å². The summed E-state index contributed by atoms with van der Waals surface area (Å²) in [6, 6.07) is 19.0. The molecule has 4 rings (SSSR count). The second-order valence-corrected chi connectivity index (χ2v) is 9.86. The Bertz CT molecular complexity index is 1300. The lowest BCUT2D eigenvalue weighted by molar-refractivity contribution is -0.132. The molecule has 36 heavy (non-hydrogen) atoms. The molecule has 1 heterocycles. The van der Waals surface area contributed by atoms with Crippen molar-refractivity contribution in [1.82, 2.24) is 0 Å². The topological polar surface area (TPSA) is 66.8 Å². The molecule has 6 heteroatoms. The van der Waals surface area contributed by atoms with Crippen molar-refractivity contribution in [2.45, 2.75) is 45.6 Å². The molecule has 0 radical (unpaired) electrons. The number of anilines is 1. The predicted molar refractivity (Wildman–Crippen MR) is 139 cm³/mol. The minimum Gasteiger partial charge on any atom is -0.507 e. The molecule has 0 spiro atoms. The number of nitrogens with zero attached hydrogens (tertiary/aromatic N) is 1. The molecule has 186 valence electrons. The highest BCUT2D eigenvalue weighted by atomic mass is 19.1. The fourth-order valence-electron chi connectivity index (χ4n) is 4.32. The molecule has 1 atom stereocenters. The number of halogens is 1. The van der Waals surface area contributed by atoms with E-state index in [1.165, 1.54) is 29.2 Å². The third-order valence-corrected chi connectivity index (χ3v) is 6.24. The van der Waals surface area contributed by atoms with Crippen LogP contribution in [0.15, 0.2) is 78.4 Å². The van der Waals surface area contributed by atoms with Crippen LogP contribution in [0.2, 0.25) is 0 Å². The minimum absolute atomic E-state index is 0.0552. The molecule has 1 saturated heterocycles. The largest absolute Gasteiger partial charge is 0.507 e. The first-order valence-electron chi connectivity index (χ1n) is 12.0. The van der Waals surface area contributed by atoms with Gasteiger partial charge in [0.1, 0.15) is 17.3 Å². The number of Topliss-reactive ketones (excluding diaryl/α,β-unsaturated/α-hetero) is 1. The van der Waals surface area contributed by atoms with Gasteiger partial charge in [0.15, 0.2) is 0 Å². The molecule has 5 nitrogen and oxygen atoms in total. The number of amides is 1. The van der Waals surface area contributed by atoms with Crippen LogP contribution >= 0.6 is 0 Å². The van der Waals surface area contributed by atoms with Crippen LogP contribution in [0.1, 0.15) is 56.8 Å². The zero-order chi connectivity index (χ0) is 26.0. The summed E-state index contributed by atoms with van der Waals surface area (Å²) >= 11 is 0. The molecule has 1 aliphatic heterocycles. The smallest absolute Gasteiger partial charge is 0.300 e. The molecule has 1 N–H and O–H groups in total. The van der Waals surface area contributed by atoms with E-state index in [2.05, 4.69) is 20.8 Å². The van der Waals surface area contributed by atoms with Crippen molar-refractivity contribution in [1.29, 1.82) is 0 Å². The van der Waals surface area contributed by atoms with Crippen molar-refractivity contribution in [2.75, 3.05) is 11.5 Å². The highest BCUT2D eigenvalue weighted by Gasteiger charge is 2.47. The Morgan fingerprint density at radius 2 is 1.61 bits per heavy atom. The fraction of sp³-hybridized carbons (Fsp3) is 0.267. The molecule has 0 bridgehead atoms. The highest BCUT2D eigenvalue weighted by molar-refractivity contribution is 6.51. The summed E-state index contributed by atoms with van der Waals surface area (Å²) in [6.45, 7) is 8.73. The van der Waals surface area contributed by atoms with Crippen LogP contribution in [0, 0.1) is 5.82 Å². The number of carbonyl (C=O) groups excluding carboxylic acids is 2. The maximum Gasteiger partial charge on any atom is 0.300 e. The number of para-hydroxylation sites is 2. The molecule has 1 fully saturated rings. The van der Waals surface area contributed by atoms with Crippen molar-refractivity contribution in [3.05, 3.63) is 101 Å². The van der Waals surface area contributed by atoms with Gasteiger partial charge in [-0.15, -0.1) is 0 Å². The standard InChI is InChI=1S/C30H30FNO4/c1-5-18-36-24-9-7-6-8-23(24)32-26(19-10-14-21(15-11-19)30(2,3)4)25(28(34)29(32)35)27(33)20-12-16-22(31)17-13-20/h6-17,26,33H,5,18H2,1-4H3/b27-25-. The van der Waals surface area contributed by atoms with Gasteiger partial charge in [0.2, 0.25) is 0 Å². The summed E-state index contributed by atoms with van der Waals surface area (Å²) in [6.07, 6.45) is 0.773. The summed E-state index contributed by atoms with van der Waals surface area (Å²) in [5, 5.41) is 11.2. The Labute approximate surface area is 210 Å². The van der Waals surface area contributed by atoms with Gasteiger partial charge >= 0.3 is 0 Å². The van der Waals surface area contributed by atoms with Gasteiger partial charge < -0.3 is 9.84 Å². The second-order valence-electron chi connectivity index (χ2n) is 9.86. The molecule has 3 aromatic rings. The van der Waals surface area contributed by atoms with Gasteiger partial charge in [0, 0.05) is 5.56 Å². The first-order chi connectivity index (χ1) is 17.1. The lowest BCUT2D eigenvalue weighted by Crippen LogP contribution is -2.30. The van der Waals surface area contributed by atoms with Gasteiger partial charge in [-0.3, -0.25) is 14.5 Å². The maximum atomic E-state index is 13.5. The van der Waals surface area contributed by atoms with E-state index in [4.69, 9.17) is 4.74 Å². The molecule has 1 amide bonds. The van der Waals surface area contributed by atoms with E-state index in [1.807, 2.05) is 31.2 Å². The Balaban J connectivity index is 1.93. The van der Waals surface area contributed by atoms with Crippen LogP contribution in [-0.4, -0.2) is 23.4 Å². The molecule has 0 aromatic heterocycles. The number of ether oxygens (including phenoxy) is 1. The number of hydrogen-bond acceptors (Lipinski definition) is 4. The number of benzene rings is 3. The van der Waals surface area contributed by atoms with Gasteiger partial charge in [-0.25, -0.2) is 4.39 Å². The number of aliphatic hydroxyl groups excluding tert-OH is 1. The Hall–Kier alpha value is -3.93. The van der Waals surface area contributed by atoms with Gasteiger partial charge in [0.05, 0.1) is 23.9 Å². The van der Waals surface area contributed by atoms with Gasteiger partial charge in [-0.2, -0.15) is 0 Å². The van der Waals surface area contributed by atoms with Crippen molar-refractivity contribution in [2.24, 2.45) is 0 Å². The average Bonchev–Trinajstić information content (AvgIpc) is 3.12. The molecule has 0 aliphatic carbocycles. The number of rotatable bonds is 6. The van der Waals surface area contributed by atoms with Crippen molar-refractivity contribution in [3.63, 3.8) is 0 Å². The highest BCUT2D eigenvalue weighted by Crippen LogP contribution is 2.45. The molecular formula is C30H30FNO4. The number of ketones is 1. The van der Waals surface area contributed by atoms with Crippen LogP contribution in [0.4, 0.5) is 10.1 Å². The summed E-state index contributed by atoms with van der Waals surface area (Å²) in [5.74, 6) is -1.93. The van der Waals surface area contributed by atoms with E-state index < -0.39 is 23.5 Å². The third-order valence-electron chi connectivity index (χ3n) is 6.24. The summed E-state index contributed by atoms with van der Waals surface area (Å²) in [7, 11) is 0. The summed E-state index contributed by atoms with van der Waals surface area (Å²) in [5.41, 5.74) is 2.30. The monoisotopic (exact) mass is 487 g/mol. The van der Waals surface area contributed by atoms with Gasteiger partial charge in [-0.1, -0.05) is 64.1 Å². The zero-order valence-electron chi connectivity index (χ0n) is 20.9. The Kier molecular flexibility index (Phi) is 6.97. The zero-order valence-corrected chi connectivity index (χ0v) is 20.9. The van der Waals surface area contributed by atoms with Gasteiger partial charge in [-0.05, 0) is 59.4 Å².